The van der Waals surface area contributed by atoms with Crippen LogP contribution in [-0.4, -0.2) is 57.0 Å². The van der Waals surface area contributed by atoms with Crippen molar-refractivity contribution in [1.82, 2.24) is 24.8 Å². The Balaban J connectivity index is 1.49. The highest BCUT2D eigenvalue weighted by Gasteiger charge is 2.47. The Labute approximate surface area is 150 Å². The third-order valence-corrected chi connectivity index (χ3v) is 5.14. The van der Waals surface area contributed by atoms with Gasteiger partial charge in [-0.25, -0.2) is 4.39 Å². The Morgan fingerprint density at radius 3 is 2.85 bits per heavy atom. The molecule has 2 fully saturated rings. The van der Waals surface area contributed by atoms with Gasteiger partial charge in [0.1, 0.15) is 5.69 Å². The first-order valence-corrected chi connectivity index (χ1v) is 8.87. The van der Waals surface area contributed by atoms with E-state index in [-0.39, 0.29) is 30.7 Å². The smallest absolute Gasteiger partial charge is 0.272 e. The molecule has 1 amide bonds. The predicted octanol–water partition coefficient (Wildman–Crippen LogP) is 1.72. The van der Waals surface area contributed by atoms with E-state index < -0.39 is 5.67 Å². The molecule has 4 heterocycles. The molecule has 2 saturated heterocycles. The summed E-state index contributed by atoms with van der Waals surface area (Å²) in [5.41, 5.74) is -0.612. The molecular formula is C17H22FN5O3. The van der Waals surface area contributed by atoms with Crippen molar-refractivity contribution < 1.29 is 18.4 Å². The molecule has 0 saturated carbocycles. The molecule has 26 heavy (non-hydrogen) atoms. The fraction of sp³-hybridized carbons (Fsp3) is 0.647. The number of rotatable bonds is 3. The van der Waals surface area contributed by atoms with Gasteiger partial charge in [-0.2, -0.15) is 10.1 Å². The van der Waals surface area contributed by atoms with Gasteiger partial charge in [-0.3, -0.25) is 9.48 Å². The lowest BCUT2D eigenvalue weighted by molar-refractivity contribution is 0.0706. The Hall–Kier alpha value is -2.29. The summed E-state index contributed by atoms with van der Waals surface area (Å²) >= 11 is 0. The second kappa shape index (κ2) is 6.46. The number of halogens is 1. The van der Waals surface area contributed by atoms with Crippen molar-refractivity contribution in [3.63, 3.8) is 0 Å². The van der Waals surface area contributed by atoms with Crippen molar-refractivity contribution in [2.24, 2.45) is 7.05 Å². The van der Waals surface area contributed by atoms with E-state index in [2.05, 4.69) is 15.2 Å². The minimum absolute atomic E-state index is 0.0320. The van der Waals surface area contributed by atoms with Crippen molar-refractivity contribution in [2.75, 3.05) is 26.3 Å². The summed E-state index contributed by atoms with van der Waals surface area (Å²) in [7, 11) is 1.71. The number of carbonyl (C=O) groups is 1. The molecule has 2 aromatic heterocycles. The van der Waals surface area contributed by atoms with Crippen LogP contribution in [0.1, 0.15) is 53.1 Å². The molecule has 0 radical (unpaired) electrons. The van der Waals surface area contributed by atoms with Crippen LogP contribution in [0.25, 0.3) is 0 Å². The fourth-order valence-electron chi connectivity index (χ4n) is 3.63. The molecule has 0 bridgehead atoms. The number of ether oxygens (including phenoxy) is 1. The van der Waals surface area contributed by atoms with Crippen LogP contribution < -0.4 is 0 Å². The molecule has 0 aromatic carbocycles. The molecule has 9 heteroatoms. The first-order chi connectivity index (χ1) is 12.5. The minimum Gasteiger partial charge on any atom is -0.381 e. The van der Waals surface area contributed by atoms with Crippen LogP contribution in [0.3, 0.4) is 0 Å². The summed E-state index contributed by atoms with van der Waals surface area (Å²) in [5, 5.41) is 8.15. The Morgan fingerprint density at radius 2 is 2.15 bits per heavy atom. The Bertz CT molecular complexity index is 813. The molecule has 0 spiro atoms. The minimum atomic E-state index is -1.81. The highest BCUT2D eigenvalue weighted by Crippen LogP contribution is 2.37. The topological polar surface area (TPSA) is 86.3 Å². The summed E-state index contributed by atoms with van der Waals surface area (Å²) in [6, 6.07) is 1.70. The van der Waals surface area contributed by atoms with Crippen LogP contribution in [0.5, 0.6) is 0 Å². The Morgan fingerprint density at radius 1 is 1.38 bits per heavy atom. The van der Waals surface area contributed by atoms with E-state index in [4.69, 9.17) is 9.26 Å². The summed E-state index contributed by atoms with van der Waals surface area (Å²) in [6.07, 6.45) is 1.76. The lowest BCUT2D eigenvalue weighted by atomic mass is 9.99. The summed E-state index contributed by atoms with van der Waals surface area (Å²) in [6.45, 7) is 3.33. The average molecular weight is 363 g/mol. The Kier molecular flexibility index (Phi) is 4.26. The van der Waals surface area contributed by atoms with Crippen molar-refractivity contribution in [1.29, 1.82) is 0 Å². The molecule has 1 atom stereocenters. The maximum Gasteiger partial charge on any atom is 0.272 e. The first-order valence-electron chi connectivity index (χ1n) is 8.87. The van der Waals surface area contributed by atoms with Gasteiger partial charge < -0.3 is 14.2 Å². The zero-order valence-corrected chi connectivity index (χ0v) is 14.9. The number of carbonyl (C=O) groups excluding carboxylic acids is 1. The van der Waals surface area contributed by atoms with E-state index in [0.717, 1.165) is 18.5 Å². The quantitative estimate of drug-likeness (QED) is 0.825. The number of hydrogen-bond donors (Lipinski definition) is 0. The number of aryl methyl sites for hydroxylation is 2. The molecule has 140 valence electrons. The van der Waals surface area contributed by atoms with Crippen molar-refractivity contribution in [2.45, 2.75) is 37.8 Å². The molecule has 2 aromatic rings. The third-order valence-electron chi connectivity index (χ3n) is 5.14. The van der Waals surface area contributed by atoms with Crippen molar-refractivity contribution in [3.05, 3.63) is 29.2 Å². The van der Waals surface area contributed by atoms with Gasteiger partial charge in [0.05, 0.1) is 12.2 Å². The average Bonchev–Trinajstić information content (AvgIpc) is 3.34. The van der Waals surface area contributed by atoms with Crippen LogP contribution in [0, 0.1) is 6.92 Å². The maximum absolute atomic E-state index is 15.4. The van der Waals surface area contributed by atoms with Gasteiger partial charge in [0, 0.05) is 39.1 Å². The van der Waals surface area contributed by atoms with Gasteiger partial charge >= 0.3 is 0 Å². The molecular weight excluding hydrogens is 341 g/mol. The number of alkyl halides is 1. The zero-order valence-electron chi connectivity index (χ0n) is 14.9. The van der Waals surface area contributed by atoms with Gasteiger partial charge in [-0.15, -0.1) is 0 Å². The number of likely N-dealkylation sites (tertiary alicyclic amines) is 1. The molecule has 8 nitrogen and oxygen atoms in total. The molecule has 1 unspecified atom stereocenters. The standard InChI is InChI=1S/C17H22FN5O3/c1-11-9-13(22(2)20-11)15(24)23-6-5-17(18,10-23)16-19-14(21-26-16)12-3-7-25-8-4-12/h9,12H,3-8,10H2,1-2H3. The molecule has 2 aliphatic heterocycles. The monoisotopic (exact) mass is 363 g/mol. The largest absolute Gasteiger partial charge is 0.381 e. The third kappa shape index (κ3) is 3.00. The van der Waals surface area contributed by atoms with Crippen LogP contribution in [0.4, 0.5) is 4.39 Å². The molecule has 0 N–H and O–H groups in total. The van der Waals surface area contributed by atoms with E-state index in [1.165, 1.54) is 9.58 Å². The zero-order chi connectivity index (χ0) is 18.3. The van der Waals surface area contributed by atoms with Crippen LogP contribution in [0.2, 0.25) is 0 Å². The molecule has 2 aliphatic rings. The van der Waals surface area contributed by atoms with Gasteiger partial charge in [-0.05, 0) is 25.8 Å². The van der Waals surface area contributed by atoms with Gasteiger partial charge in [0.2, 0.25) is 5.67 Å². The van der Waals surface area contributed by atoms with E-state index in [1.54, 1.807) is 13.1 Å². The summed E-state index contributed by atoms with van der Waals surface area (Å²) in [4.78, 5) is 18.5. The van der Waals surface area contributed by atoms with E-state index in [9.17, 15) is 4.79 Å². The normalized spacial score (nSPS) is 24.3. The van der Waals surface area contributed by atoms with E-state index in [0.29, 0.717) is 31.3 Å². The van der Waals surface area contributed by atoms with Crippen molar-refractivity contribution in [3.8, 4) is 0 Å². The number of hydrogen-bond acceptors (Lipinski definition) is 6. The first kappa shape index (κ1) is 17.1. The lowest BCUT2D eigenvalue weighted by Gasteiger charge is -2.19. The number of amides is 1. The van der Waals surface area contributed by atoms with E-state index in [1.807, 2.05) is 6.92 Å². The number of nitrogens with zero attached hydrogens (tertiary/aromatic N) is 5. The van der Waals surface area contributed by atoms with Gasteiger partial charge in [0.15, 0.2) is 5.82 Å². The molecule has 0 aliphatic carbocycles. The second-order valence-electron chi connectivity index (χ2n) is 7.08. The number of aromatic nitrogens is 4. The maximum atomic E-state index is 15.4. The fourth-order valence-corrected chi connectivity index (χ4v) is 3.63. The predicted molar refractivity (Wildman–Crippen MR) is 88.3 cm³/mol. The second-order valence-corrected chi connectivity index (χ2v) is 7.08. The summed E-state index contributed by atoms with van der Waals surface area (Å²) < 4.78 is 27.5. The summed E-state index contributed by atoms with van der Waals surface area (Å²) in [5.74, 6) is 0.404. The SMILES string of the molecule is Cc1cc(C(=O)N2CCC(F)(c3nc(C4CCOCC4)no3)C2)n(C)n1. The lowest BCUT2D eigenvalue weighted by Crippen LogP contribution is -2.33. The van der Waals surface area contributed by atoms with Gasteiger partial charge in [-0.1, -0.05) is 5.16 Å². The van der Waals surface area contributed by atoms with Crippen LogP contribution in [-0.2, 0) is 17.5 Å². The van der Waals surface area contributed by atoms with Crippen LogP contribution >= 0.6 is 0 Å². The van der Waals surface area contributed by atoms with Crippen LogP contribution in [0.15, 0.2) is 10.6 Å². The molecule has 4 rings (SSSR count). The van der Waals surface area contributed by atoms with Gasteiger partial charge in [0.25, 0.3) is 11.8 Å². The highest BCUT2D eigenvalue weighted by molar-refractivity contribution is 5.93. The highest BCUT2D eigenvalue weighted by atomic mass is 19.1. The van der Waals surface area contributed by atoms with Crippen molar-refractivity contribution >= 4 is 5.91 Å². The van der Waals surface area contributed by atoms with E-state index >= 15 is 4.39 Å².